The topological polar surface area (TPSA) is 89.0 Å². The Morgan fingerprint density at radius 1 is 0.969 bits per heavy atom. The van der Waals surface area contributed by atoms with Crippen LogP contribution in [0.3, 0.4) is 0 Å². The number of ketones is 1. The first-order valence-electron chi connectivity index (χ1n) is 9.97. The third-order valence-corrected chi connectivity index (χ3v) is 5.43. The van der Waals surface area contributed by atoms with Gasteiger partial charge >= 0.3 is 0 Å². The Bertz CT molecular complexity index is 1220. The molecule has 3 aromatic rings. The fourth-order valence-electron chi connectivity index (χ4n) is 3.85. The van der Waals surface area contributed by atoms with Crippen molar-refractivity contribution in [1.29, 1.82) is 0 Å². The predicted molar refractivity (Wildman–Crippen MR) is 120 cm³/mol. The van der Waals surface area contributed by atoms with E-state index >= 15 is 0 Å². The standard InChI is InChI=1S/C25H22N2O5/c1-15-13-18(32-3)10-11-19(15)23(28)21-22(20-9-4-5-12-26-20)27(25(30)24(21)29)16-7-6-8-17(14-16)31-2/h4-14,22,28H,1-3H3/b23-21-. The molecule has 2 aromatic carbocycles. The Hall–Kier alpha value is -4.13. The van der Waals surface area contributed by atoms with Gasteiger partial charge in [-0.3, -0.25) is 19.5 Å². The lowest BCUT2D eigenvalue weighted by Gasteiger charge is -2.25. The summed E-state index contributed by atoms with van der Waals surface area (Å²) in [5.41, 5.74) is 2.05. The van der Waals surface area contributed by atoms with E-state index in [1.165, 1.54) is 12.0 Å². The van der Waals surface area contributed by atoms with Crippen molar-refractivity contribution in [3.63, 3.8) is 0 Å². The van der Waals surface area contributed by atoms with Crippen LogP contribution >= 0.6 is 0 Å². The highest BCUT2D eigenvalue weighted by Gasteiger charge is 2.47. The number of aromatic nitrogens is 1. The number of nitrogens with zero attached hydrogens (tertiary/aromatic N) is 2. The Morgan fingerprint density at radius 2 is 1.72 bits per heavy atom. The Morgan fingerprint density at radius 3 is 2.38 bits per heavy atom. The van der Waals surface area contributed by atoms with Gasteiger partial charge in [-0.25, -0.2) is 0 Å². The van der Waals surface area contributed by atoms with Crippen LogP contribution in [0, 0.1) is 6.92 Å². The van der Waals surface area contributed by atoms with Crippen molar-refractivity contribution in [2.24, 2.45) is 0 Å². The summed E-state index contributed by atoms with van der Waals surface area (Å²) in [6, 6.07) is 16.3. The van der Waals surface area contributed by atoms with E-state index in [4.69, 9.17) is 9.47 Å². The number of rotatable bonds is 5. The van der Waals surface area contributed by atoms with Gasteiger partial charge in [0.2, 0.25) is 0 Å². The van der Waals surface area contributed by atoms with Crippen molar-refractivity contribution in [2.75, 3.05) is 19.1 Å². The molecule has 32 heavy (non-hydrogen) atoms. The third-order valence-electron chi connectivity index (χ3n) is 5.43. The van der Waals surface area contributed by atoms with Gasteiger partial charge in [0.1, 0.15) is 23.3 Å². The van der Waals surface area contributed by atoms with Gasteiger partial charge in [-0.05, 0) is 55.0 Å². The highest BCUT2D eigenvalue weighted by Crippen LogP contribution is 2.42. The van der Waals surface area contributed by atoms with Gasteiger partial charge in [-0.1, -0.05) is 12.1 Å². The smallest absolute Gasteiger partial charge is 0.300 e. The number of pyridine rings is 1. The largest absolute Gasteiger partial charge is 0.507 e. The summed E-state index contributed by atoms with van der Waals surface area (Å²) in [6.07, 6.45) is 1.58. The maximum Gasteiger partial charge on any atom is 0.300 e. The van der Waals surface area contributed by atoms with E-state index in [9.17, 15) is 14.7 Å². The number of Topliss-reactive ketones (excluding diaryl/α,β-unsaturated/α-hetero) is 1. The summed E-state index contributed by atoms with van der Waals surface area (Å²) in [7, 11) is 3.07. The van der Waals surface area contributed by atoms with Gasteiger partial charge in [-0.2, -0.15) is 0 Å². The molecule has 1 N–H and O–H groups in total. The molecule has 2 heterocycles. The lowest BCUT2D eigenvalue weighted by molar-refractivity contribution is -0.132. The second-order valence-corrected chi connectivity index (χ2v) is 7.31. The van der Waals surface area contributed by atoms with Gasteiger partial charge in [0.15, 0.2) is 0 Å². The molecule has 0 bridgehead atoms. The number of aliphatic hydroxyl groups is 1. The number of carbonyl (C=O) groups is 2. The zero-order valence-electron chi connectivity index (χ0n) is 17.9. The fourth-order valence-corrected chi connectivity index (χ4v) is 3.85. The summed E-state index contributed by atoms with van der Waals surface area (Å²) in [6.45, 7) is 1.80. The van der Waals surface area contributed by atoms with Crippen LogP contribution in [0.15, 0.2) is 72.4 Å². The van der Waals surface area contributed by atoms with Crippen LogP contribution in [0.2, 0.25) is 0 Å². The van der Waals surface area contributed by atoms with Gasteiger partial charge in [0, 0.05) is 23.5 Å². The second-order valence-electron chi connectivity index (χ2n) is 7.31. The molecule has 1 aromatic heterocycles. The predicted octanol–water partition coefficient (Wildman–Crippen LogP) is 4.03. The minimum atomic E-state index is -0.898. The van der Waals surface area contributed by atoms with Crippen molar-refractivity contribution in [1.82, 2.24) is 4.98 Å². The van der Waals surface area contributed by atoms with E-state index < -0.39 is 17.7 Å². The fraction of sp³-hybridized carbons (Fsp3) is 0.160. The summed E-state index contributed by atoms with van der Waals surface area (Å²) in [5.74, 6) is -0.630. The molecule has 0 aliphatic carbocycles. The number of amides is 1. The second kappa shape index (κ2) is 8.55. The average molecular weight is 430 g/mol. The maximum atomic E-state index is 13.2. The third kappa shape index (κ3) is 3.58. The quantitative estimate of drug-likeness (QED) is 0.373. The summed E-state index contributed by atoms with van der Waals surface area (Å²) in [4.78, 5) is 32.1. The van der Waals surface area contributed by atoms with Crippen molar-refractivity contribution >= 4 is 23.1 Å². The van der Waals surface area contributed by atoms with Gasteiger partial charge in [0.25, 0.3) is 11.7 Å². The number of carbonyl (C=O) groups excluding carboxylic acids is 2. The van der Waals surface area contributed by atoms with E-state index in [-0.39, 0.29) is 11.3 Å². The lowest BCUT2D eigenvalue weighted by atomic mass is 9.96. The molecular weight excluding hydrogens is 408 g/mol. The molecule has 1 amide bonds. The highest BCUT2D eigenvalue weighted by atomic mass is 16.5. The van der Waals surface area contributed by atoms with Gasteiger partial charge in [0.05, 0.1) is 25.5 Å². The van der Waals surface area contributed by atoms with Crippen LogP contribution in [0.5, 0.6) is 11.5 Å². The molecule has 1 atom stereocenters. The van der Waals surface area contributed by atoms with E-state index in [1.807, 2.05) is 0 Å². The normalized spacial score (nSPS) is 17.5. The lowest BCUT2D eigenvalue weighted by Crippen LogP contribution is -2.29. The van der Waals surface area contributed by atoms with E-state index in [2.05, 4.69) is 4.98 Å². The van der Waals surface area contributed by atoms with Crippen LogP contribution in [-0.2, 0) is 9.59 Å². The number of anilines is 1. The molecule has 1 aliphatic heterocycles. The van der Waals surface area contributed by atoms with Gasteiger partial charge < -0.3 is 14.6 Å². The van der Waals surface area contributed by atoms with E-state index in [1.54, 1.807) is 80.9 Å². The maximum absolute atomic E-state index is 13.2. The molecule has 4 rings (SSSR count). The molecule has 162 valence electrons. The first-order chi connectivity index (χ1) is 15.5. The molecule has 7 nitrogen and oxygen atoms in total. The summed E-state index contributed by atoms with van der Waals surface area (Å²) >= 11 is 0. The van der Waals surface area contributed by atoms with Crippen molar-refractivity contribution < 1.29 is 24.2 Å². The first kappa shape index (κ1) is 21.1. The SMILES string of the molecule is COc1cccc(N2C(=O)C(=O)/C(=C(\O)c3ccc(OC)cc3C)C2c2ccccn2)c1. The number of aliphatic hydroxyl groups excluding tert-OH is 1. The average Bonchev–Trinajstić information content (AvgIpc) is 3.09. The number of methoxy groups -OCH3 is 2. The Kier molecular flexibility index (Phi) is 5.64. The highest BCUT2D eigenvalue weighted by molar-refractivity contribution is 6.51. The molecule has 1 aliphatic rings. The van der Waals surface area contributed by atoms with Crippen molar-refractivity contribution in [3.05, 3.63) is 89.3 Å². The minimum absolute atomic E-state index is 0.0233. The summed E-state index contributed by atoms with van der Waals surface area (Å²) < 4.78 is 10.5. The van der Waals surface area contributed by atoms with E-state index in [0.29, 0.717) is 34.0 Å². The number of ether oxygens (including phenoxy) is 2. The zero-order chi connectivity index (χ0) is 22.8. The molecule has 0 radical (unpaired) electrons. The summed E-state index contributed by atoms with van der Waals surface area (Å²) in [5, 5.41) is 11.2. The Balaban J connectivity index is 1.94. The van der Waals surface area contributed by atoms with Crippen LogP contribution in [0.25, 0.3) is 5.76 Å². The van der Waals surface area contributed by atoms with Crippen LogP contribution in [-0.4, -0.2) is 36.0 Å². The number of hydrogen-bond donors (Lipinski definition) is 1. The van der Waals surface area contributed by atoms with Crippen LogP contribution in [0.4, 0.5) is 5.69 Å². The van der Waals surface area contributed by atoms with Gasteiger partial charge in [-0.15, -0.1) is 0 Å². The molecule has 1 fully saturated rings. The van der Waals surface area contributed by atoms with Crippen molar-refractivity contribution in [2.45, 2.75) is 13.0 Å². The number of aryl methyl sites for hydroxylation is 1. The number of hydrogen-bond acceptors (Lipinski definition) is 6. The number of benzene rings is 2. The first-order valence-corrected chi connectivity index (χ1v) is 9.97. The minimum Gasteiger partial charge on any atom is -0.507 e. The molecule has 0 saturated carbocycles. The molecule has 7 heteroatoms. The van der Waals surface area contributed by atoms with Crippen LogP contribution < -0.4 is 14.4 Å². The van der Waals surface area contributed by atoms with E-state index in [0.717, 1.165) is 0 Å². The molecule has 1 saturated heterocycles. The van der Waals surface area contributed by atoms with Crippen LogP contribution in [0.1, 0.15) is 22.9 Å². The molecule has 0 spiro atoms. The Labute approximate surface area is 185 Å². The molecule has 1 unspecified atom stereocenters. The monoisotopic (exact) mass is 430 g/mol. The van der Waals surface area contributed by atoms with Crippen molar-refractivity contribution in [3.8, 4) is 11.5 Å². The molecular formula is C25H22N2O5. The zero-order valence-corrected chi connectivity index (χ0v) is 17.9.